The first kappa shape index (κ1) is 45.0. The van der Waals surface area contributed by atoms with E-state index < -0.39 is 91.3 Å². The SMILES string of the molecule is C=C1CC[C@]2(C(=O)O)CC[C@]3(C)C(=CC[C@@H]4[C@@]5(C)CC[C@H](O[C@@H]6OC[C@H](O)[C@H](O)[C@H]6O[C@@H]6O[C@@H](C)[C@H](O)[C@@H](O[C@@H]7OC[C@H](O)[C@H](O)[C@H]7O)[C@H]6O)C(C)(C)[C@@H]5CC[C@]43C)[C@@H]2C1. The molecule has 8 N–H and O–H groups in total. The van der Waals surface area contributed by atoms with E-state index in [0.717, 1.165) is 50.5 Å². The fourth-order valence-corrected chi connectivity index (χ4v) is 14.1. The van der Waals surface area contributed by atoms with E-state index in [1.54, 1.807) is 0 Å². The predicted octanol–water partition coefficient (Wildman–Crippen LogP) is 2.54. The maximum Gasteiger partial charge on any atom is 0.310 e. The van der Waals surface area contributed by atoms with Crippen molar-refractivity contribution in [1.29, 1.82) is 0 Å². The van der Waals surface area contributed by atoms with Crippen LogP contribution in [0, 0.1) is 44.8 Å². The van der Waals surface area contributed by atoms with Crippen molar-refractivity contribution in [2.45, 2.75) is 192 Å². The normalized spacial score (nSPS) is 54.1. The average Bonchev–Trinajstić information content (AvgIpc) is 3.19. The van der Waals surface area contributed by atoms with Gasteiger partial charge in [-0.3, -0.25) is 4.79 Å². The van der Waals surface area contributed by atoms with Crippen molar-refractivity contribution >= 4 is 5.97 Å². The van der Waals surface area contributed by atoms with E-state index in [1.807, 2.05) is 0 Å². The van der Waals surface area contributed by atoms with Gasteiger partial charge in [-0.15, -0.1) is 0 Å². The number of hydrogen-bond donors (Lipinski definition) is 8. The number of fused-ring (bicyclic) bond motifs is 7. The highest BCUT2D eigenvalue weighted by Gasteiger charge is 2.69. The molecule has 3 aliphatic heterocycles. The minimum atomic E-state index is -1.69. The topological polar surface area (TPSA) is 234 Å². The van der Waals surface area contributed by atoms with Crippen LogP contribution in [0.4, 0.5) is 0 Å². The van der Waals surface area contributed by atoms with Crippen LogP contribution in [0.25, 0.3) is 0 Å². The Balaban J connectivity index is 0.998. The van der Waals surface area contributed by atoms with Crippen LogP contribution < -0.4 is 0 Å². The van der Waals surface area contributed by atoms with E-state index in [1.165, 1.54) is 12.5 Å². The molecule has 0 spiro atoms. The lowest BCUT2D eigenvalue weighted by molar-refractivity contribution is -0.378. The molecule has 3 saturated heterocycles. The van der Waals surface area contributed by atoms with Crippen molar-refractivity contribution in [3.05, 3.63) is 23.8 Å². The molecule has 15 nitrogen and oxygen atoms in total. The molecule has 15 heteroatoms. The molecular formula is C45H70O15. The van der Waals surface area contributed by atoms with Gasteiger partial charge in [-0.1, -0.05) is 58.4 Å². The Morgan fingerprint density at radius 3 is 2.10 bits per heavy atom. The monoisotopic (exact) mass is 850 g/mol. The third-order valence-corrected chi connectivity index (χ3v) is 18.0. The van der Waals surface area contributed by atoms with Crippen molar-refractivity contribution in [1.82, 2.24) is 0 Å². The Hall–Kier alpha value is -1.57. The van der Waals surface area contributed by atoms with Crippen LogP contribution in [-0.2, 0) is 33.2 Å². The summed E-state index contributed by atoms with van der Waals surface area (Å²) in [4.78, 5) is 13.0. The van der Waals surface area contributed by atoms with Gasteiger partial charge in [0.1, 0.15) is 54.9 Å². The van der Waals surface area contributed by atoms with Gasteiger partial charge in [0, 0.05) is 5.92 Å². The van der Waals surface area contributed by atoms with Gasteiger partial charge in [-0.05, 0) is 105 Å². The van der Waals surface area contributed by atoms with Crippen LogP contribution in [0.2, 0.25) is 0 Å². The van der Waals surface area contributed by atoms with E-state index >= 15 is 0 Å². The Bertz CT molecular complexity index is 1670. The van der Waals surface area contributed by atoms with E-state index in [2.05, 4.69) is 47.3 Å². The highest BCUT2D eigenvalue weighted by Crippen LogP contribution is 2.75. The lowest BCUT2D eigenvalue weighted by Gasteiger charge is -2.71. The largest absolute Gasteiger partial charge is 0.481 e. The van der Waals surface area contributed by atoms with Gasteiger partial charge in [0.2, 0.25) is 0 Å². The Labute approximate surface area is 353 Å². The predicted molar refractivity (Wildman–Crippen MR) is 213 cm³/mol. The van der Waals surface area contributed by atoms with Crippen molar-refractivity contribution in [2.75, 3.05) is 13.2 Å². The number of aliphatic carboxylic acids is 1. The van der Waals surface area contributed by atoms with Crippen molar-refractivity contribution < 1.29 is 74.1 Å². The van der Waals surface area contributed by atoms with Crippen LogP contribution in [0.1, 0.15) is 106 Å². The fraction of sp³-hybridized carbons (Fsp3) is 0.889. The second kappa shape index (κ2) is 15.8. The molecule has 0 aromatic carbocycles. The van der Waals surface area contributed by atoms with Gasteiger partial charge >= 0.3 is 5.97 Å². The van der Waals surface area contributed by atoms with Crippen molar-refractivity contribution in [3.8, 4) is 0 Å². The quantitative estimate of drug-likeness (QED) is 0.136. The van der Waals surface area contributed by atoms with E-state index in [0.29, 0.717) is 25.2 Å². The standard InChI is InChI=1S/C45H70O15/c1-21-10-15-45(40(53)54)17-16-43(6)23(24(45)18-21)8-9-28-42(5)13-12-29(41(3,4)27(42)11-14-44(28,43)7)58-39-36(32(50)26(47)20-56-39)60-38-34(52)35(30(48)22(2)57-38)59-37-33(51)31(49)25(46)19-55-37/h8,22,24-39,46-52H,1,9-20H2,2-7H3,(H,53,54)/t22-,24-,25-,26-,27-,28+,29-,30-,31-,32-,33+,34+,35+,36+,37-,38-,39-,42-,43+,44+,45-/m0/s1. The summed E-state index contributed by atoms with van der Waals surface area (Å²) in [5, 5.41) is 85.7. The van der Waals surface area contributed by atoms with Gasteiger partial charge < -0.3 is 69.3 Å². The molecule has 0 radical (unpaired) electrons. The third kappa shape index (κ3) is 6.82. The molecule has 7 fully saturated rings. The summed E-state index contributed by atoms with van der Waals surface area (Å²) >= 11 is 0. The van der Waals surface area contributed by atoms with Crippen LogP contribution in [0.15, 0.2) is 23.8 Å². The maximum absolute atomic E-state index is 13.0. The second-order valence-electron chi connectivity index (χ2n) is 21.1. The molecule has 60 heavy (non-hydrogen) atoms. The van der Waals surface area contributed by atoms with Crippen LogP contribution in [-0.4, -0.2) is 146 Å². The molecule has 0 aromatic rings. The summed E-state index contributed by atoms with van der Waals surface area (Å²) in [7, 11) is 0. The summed E-state index contributed by atoms with van der Waals surface area (Å²) in [6.07, 6.45) is -8.17. The molecule has 3 heterocycles. The Morgan fingerprint density at radius 2 is 1.40 bits per heavy atom. The number of aliphatic hydroxyl groups is 7. The second-order valence-corrected chi connectivity index (χ2v) is 21.1. The maximum atomic E-state index is 13.0. The van der Waals surface area contributed by atoms with Gasteiger partial charge in [0.05, 0.1) is 30.8 Å². The molecule has 0 unspecified atom stereocenters. The van der Waals surface area contributed by atoms with Gasteiger partial charge in [0.15, 0.2) is 18.9 Å². The number of aliphatic hydroxyl groups excluding tert-OH is 7. The number of carboxylic acids is 1. The Morgan fingerprint density at radius 1 is 0.733 bits per heavy atom. The summed E-state index contributed by atoms with van der Waals surface area (Å²) in [5.74, 6) is -0.0543. The van der Waals surface area contributed by atoms with Crippen molar-refractivity contribution in [2.24, 2.45) is 44.8 Å². The zero-order chi connectivity index (χ0) is 43.5. The number of carbonyl (C=O) groups is 1. The molecule has 5 aliphatic carbocycles. The molecule has 8 rings (SSSR count). The van der Waals surface area contributed by atoms with E-state index in [9.17, 15) is 45.6 Å². The summed E-state index contributed by atoms with van der Waals surface area (Å²) in [5.41, 5.74) is 1.21. The van der Waals surface area contributed by atoms with Gasteiger partial charge in [-0.25, -0.2) is 0 Å². The minimum absolute atomic E-state index is 0.0203. The van der Waals surface area contributed by atoms with Crippen LogP contribution in [0.5, 0.6) is 0 Å². The smallest absolute Gasteiger partial charge is 0.310 e. The highest BCUT2D eigenvalue weighted by molar-refractivity contribution is 5.77. The van der Waals surface area contributed by atoms with E-state index in [-0.39, 0.29) is 52.8 Å². The first-order chi connectivity index (χ1) is 28.1. The lowest BCUT2D eigenvalue weighted by atomic mass is 9.34. The zero-order valence-electron chi connectivity index (χ0n) is 36.0. The molecule has 21 atom stereocenters. The molecule has 340 valence electrons. The lowest BCUT2D eigenvalue weighted by Crippen LogP contribution is -2.66. The molecule has 8 aliphatic rings. The third-order valence-electron chi connectivity index (χ3n) is 18.0. The Kier molecular flexibility index (Phi) is 11.9. The molecule has 0 aromatic heterocycles. The first-order valence-electron chi connectivity index (χ1n) is 22.3. The van der Waals surface area contributed by atoms with Crippen LogP contribution >= 0.6 is 0 Å². The number of carboxylic acid groups (broad SMARTS) is 1. The summed E-state index contributed by atoms with van der Waals surface area (Å²) < 4.78 is 36.1. The number of hydrogen-bond acceptors (Lipinski definition) is 14. The summed E-state index contributed by atoms with van der Waals surface area (Å²) in [6.45, 7) is 17.1. The minimum Gasteiger partial charge on any atom is -0.481 e. The molecule has 0 amide bonds. The van der Waals surface area contributed by atoms with Gasteiger partial charge in [-0.2, -0.15) is 0 Å². The van der Waals surface area contributed by atoms with Crippen molar-refractivity contribution in [3.63, 3.8) is 0 Å². The average molecular weight is 851 g/mol. The van der Waals surface area contributed by atoms with Gasteiger partial charge in [0.25, 0.3) is 0 Å². The zero-order valence-corrected chi connectivity index (χ0v) is 36.0. The fourth-order valence-electron chi connectivity index (χ4n) is 14.1. The van der Waals surface area contributed by atoms with E-state index in [4.69, 9.17) is 28.4 Å². The highest BCUT2D eigenvalue weighted by atomic mass is 16.8. The summed E-state index contributed by atoms with van der Waals surface area (Å²) in [6, 6.07) is 0. The first-order valence-corrected chi connectivity index (χ1v) is 22.3. The number of rotatable bonds is 7. The molecular weight excluding hydrogens is 780 g/mol. The molecule has 0 bridgehead atoms. The molecule has 4 saturated carbocycles. The number of ether oxygens (including phenoxy) is 6. The van der Waals surface area contributed by atoms with Crippen LogP contribution in [0.3, 0.4) is 0 Å². The number of allylic oxidation sites excluding steroid dienone is 3.